The fourth-order valence-corrected chi connectivity index (χ4v) is 2.29. The third-order valence-electron chi connectivity index (χ3n) is 3.29. The highest BCUT2D eigenvalue weighted by Gasteiger charge is 2.07. The fourth-order valence-electron chi connectivity index (χ4n) is 2.29. The van der Waals surface area contributed by atoms with E-state index in [0.29, 0.717) is 5.76 Å². The smallest absolute Gasteiger partial charge is 0.221 e. The Kier molecular flexibility index (Phi) is 3.56. The Balaban J connectivity index is 1.99. The molecular formula is C18H14O3. The number of ether oxygens (including phenoxy) is 1. The number of fused-ring (bicyclic) bond motifs is 1. The molecule has 0 unspecified atom stereocenters. The highest BCUT2D eigenvalue weighted by Crippen LogP contribution is 2.30. The third kappa shape index (κ3) is 2.58. The molecule has 3 heteroatoms. The quantitative estimate of drug-likeness (QED) is 0.526. The first kappa shape index (κ1) is 13.2. The number of hydrogen-bond donors (Lipinski definition) is 0. The first-order chi connectivity index (χ1) is 10.3. The number of hydrogen-bond acceptors (Lipinski definition) is 3. The van der Waals surface area contributed by atoms with E-state index >= 15 is 0 Å². The monoisotopic (exact) mass is 278 g/mol. The van der Waals surface area contributed by atoms with Gasteiger partial charge in [-0.15, -0.1) is 0 Å². The summed E-state index contributed by atoms with van der Waals surface area (Å²) in [6.07, 6.45) is 4.72. The molecule has 0 saturated heterocycles. The molecule has 0 saturated carbocycles. The van der Waals surface area contributed by atoms with Gasteiger partial charge in [0, 0.05) is 10.9 Å². The summed E-state index contributed by atoms with van der Waals surface area (Å²) in [5, 5.41) is 2.12. The number of rotatable bonds is 4. The number of methoxy groups -OCH3 is 1. The molecular weight excluding hydrogens is 264 g/mol. The van der Waals surface area contributed by atoms with Gasteiger partial charge in [-0.25, -0.2) is 0 Å². The van der Waals surface area contributed by atoms with Crippen LogP contribution < -0.4 is 4.74 Å². The molecule has 0 radical (unpaired) electrons. The minimum atomic E-state index is -0.171. The van der Waals surface area contributed by atoms with Gasteiger partial charge in [0.15, 0.2) is 5.76 Å². The number of furan rings is 1. The van der Waals surface area contributed by atoms with Crippen LogP contribution in [0.3, 0.4) is 0 Å². The first-order valence-corrected chi connectivity index (χ1v) is 6.61. The molecule has 3 aromatic rings. The maximum absolute atomic E-state index is 11.9. The van der Waals surface area contributed by atoms with Crippen LogP contribution in [-0.4, -0.2) is 12.9 Å². The zero-order valence-electron chi connectivity index (χ0n) is 11.6. The fraction of sp³-hybridized carbons (Fsp3) is 0.0556. The number of carbonyl (C=O) groups is 1. The van der Waals surface area contributed by atoms with Gasteiger partial charge in [0.2, 0.25) is 5.78 Å². The molecule has 1 heterocycles. The minimum Gasteiger partial charge on any atom is -0.495 e. The lowest BCUT2D eigenvalue weighted by Crippen LogP contribution is -1.92. The standard InChI is InChI=1S/C18H14O3/c1-20-18-14(9-8-13-5-2-3-6-15(13)18)10-11-16(19)17-7-4-12-21-17/h2-12H,1H3/b11-10+. The lowest BCUT2D eigenvalue weighted by molar-refractivity contribution is 0.102. The van der Waals surface area contributed by atoms with Crippen molar-refractivity contribution in [2.75, 3.05) is 7.11 Å². The maximum atomic E-state index is 11.9. The molecule has 0 spiro atoms. The molecule has 0 atom stereocenters. The predicted molar refractivity (Wildman–Crippen MR) is 82.6 cm³/mol. The van der Waals surface area contributed by atoms with Gasteiger partial charge in [0.1, 0.15) is 5.75 Å². The van der Waals surface area contributed by atoms with Crippen molar-refractivity contribution in [2.24, 2.45) is 0 Å². The lowest BCUT2D eigenvalue weighted by Gasteiger charge is -2.08. The van der Waals surface area contributed by atoms with Gasteiger partial charge in [-0.2, -0.15) is 0 Å². The predicted octanol–water partition coefficient (Wildman–Crippen LogP) is 4.34. The molecule has 1 aromatic heterocycles. The average Bonchev–Trinajstić information content (AvgIpc) is 3.06. The van der Waals surface area contributed by atoms with Crippen LogP contribution in [0.5, 0.6) is 5.75 Å². The topological polar surface area (TPSA) is 39.4 Å². The highest BCUT2D eigenvalue weighted by atomic mass is 16.5. The van der Waals surface area contributed by atoms with Gasteiger partial charge >= 0.3 is 0 Å². The highest BCUT2D eigenvalue weighted by molar-refractivity contribution is 6.05. The summed E-state index contributed by atoms with van der Waals surface area (Å²) >= 11 is 0. The summed E-state index contributed by atoms with van der Waals surface area (Å²) < 4.78 is 10.6. The lowest BCUT2D eigenvalue weighted by atomic mass is 10.0. The molecule has 0 aliphatic carbocycles. The summed E-state index contributed by atoms with van der Waals surface area (Å²) in [4.78, 5) is 11.9. The molecule has 0 N–H and O–H groups in total. The molecule has 104 valence electrons. The van der Waals surface area contributed by atoms with E-state index in [4.69, 9.17) is 9.15 Å². The zero-order chi connectivity index (χ0) is 14.7. The summed E-state index contributed by atoms with van der Waals surface area (Å²) in [6.45, 7) is 0. The van der Waals surface area contributed by atoms with Crippen molar-refractivity contribution >= 4 is 22.6 Å². The first-order valence-electron chi connectivity index (χ1n) is 6.61. The zero-order valence-corrected chi connectivity index (χ0v) is 11.6. The van der Waals surface area contributed by atoms with Crippen molar-refractivity contribution in [1.29, 1.82) is 0 Å². The Hall–Kier alpha value is -2.81. The normalized spacial score (nSPS) is 11.1. The summed E-state index contributed by atoms with van der Waals surface area (Å²) in [7, 11) is 1.63. The van der Waals surface area contributed by atoms with Gasteiger partial charge in [0.05, 0.1) is 13.4 Å². The van der Waals surface area contributed by atoms with Crippen molar-refractivity contribution < 1.29 is 13.9 Å². The van der Waals surface area contributed by atoms with E-state index in [2.05, 4.69) is 0 Å². The Labute approximate surface area is 122 Å². The molecule has 0 bridgehead atoms. The van der Waals surface area contributed by atoms with Crippen LogP contribution in [0.2, 0.25) is 0 Å². The number of ketones is 1. The van der Waals surface area contributed by atoms with Gasteiger partial charge in [-0.3, -0.25) is 4.79 Å². The van der Waals surface area contributed by atoms with Crippen molar-refractivity contribution in [3.8, 4) is 5.75 Å². The summed E-state index contributed by atoms with van der Waals surface area (Å²) in [6, 6.07) is 15.3. The van der Waals surface area contributed by atoms with Gasteiger partial charge in [0.25, 0.3) is 0 Å². The molecule has 2 aromatic carbocycles. The van der Waals surface area contributed by atoms with E-state index in [0.717, 1.165) is 22.1 Å². The molecule has 3 nitrogen and oxygen atoms in total. The van der Waals surface area contributed by atoms with Gasteiger partial charge in [-0.1, -0.05) is 36.4 Å². The van der Waals surface area contributed by atoms with Crippen LogP contribution in [0.25, 0.3) is 16.8 Å². The van der Waals surface area contributed by atoms with E-state index in [9.17, 15) is 4.79 Å². The van der Waals surface area contributed by atoms with Crippen LogP contribution in [0, 0.1) is 0 Å². The van der Waals surface area contributed by atoms with Crippen LogP contribution >= 0.6 is 0 Å². The molecule has 0 fully saturated rings. The average molecular weight is 278 g/mol. The molecule has 21 heavy (non-hydrogen) atoms. The van der Waals surface area contributed by atoms with Crippen LogP contribution in [0.15, 0.2) is 65.3 Å². The SMILES string of the molecule is COc1c(/C=C/C(=O)c2ccco2)ccc2ccccc12. The molecule has 0 amide bonds. The third-order valence-corrected chi connectivity index (χ3v) is 3.29. The van der Waals surface area contributed by atoms with Crippen molar-refractivity contribution in [2.45, 2.75) is 0 Å². The second kappa shape index (κ2) is 5.67. The molecule has 3 rings (SSSR count). The van der Waals surface area contributed by atoms with Crippen molar-refractivity contribution in [3.63, 3.8) is 0 Å². The van der Waals surface area contributed by atoms with Crippen LogP contribution in [0.1, 0.15) is 16.1 Å². The molecule has 0 aliphatic rings. The van der Waals surface area contributed by atoms with E-state index in [-0.39, 0.29) is 5.78 Å². The largest absolute Gasteiger partial charge is 0.495 e. The number of allylic oxidation sites excluding steroid dienone is 1. The maximum Gasteiger partial charge on any atom is 0.221 e. The summed E-state index contributed by atoms with van der Waals surface area (Å²) in [5.74, 6) is 0.915. The van der Waals surface area contributed by atoms with E-state index in [1.54, 1.807) is 25.3 Å². The Morgan fingerprint density at radius 1 is 1.10 bits per heavy atom. The van der Waals surface area contributed by atoms with E-state index in [1.165, 1.54) is 12.3 Å². The van der Waals surface area contributed by atoms with E-state index < -0.39 is 0 Å². The number of carbonyl (C=O) groups excluding carboxylic acids is 1. The Bertz CT molecular complexity index is 798. The van der Waals surface area contributed by atoms with E-state index in [1.807, 2.05) is 36.4 Å². The Morgan fingerprint density at radius 2 is 1.95 bits per heavy atom. The minimum absolute atomic E-state index is 0.171. The second-order valence-corrected chi connectivity index (χ2v) is 4.58. The van der Waals surface area contributed by atoms with Crippen LogP contribution in [0.4, 0.5) is 0 Å². The van der Waals surface area contributed by atoms with Crippen LogP contribution in [-0.2, 0) is 0 Å². The van der Waals surface area contributed by atoms with Gasteiger partial charge in [-0.05, 0) is 29.7 Å². The Morgan fingerprint density at radius 3 is 2.71 bits per heavy atom. The van der Waals surface area contributed by atoms with Gasteiger partial charge < -0.3 is 9.15 Å². The number of benzene rings is 2. The molecule has 0 aliphatic heterocycles. The second-order valence-electron chi connectivity index (χ2n) is 4.58. The van der Waals surface area contributed by atoms with Crippen molar-refractivity contribution in [1.82, 2.24) is 0 Å². The summed E-state index contributed by atoms with van der Waals surface area (Å²) in [5.41, 5.74) is 0.858. The van der Waals surface area contributed by atoms with Crippen molar-refractivity contribution in [3.05, 3.63) is 72.2 Å².